The van der Waals surface area contributed by atoms with Gasteiger partial charge in [-0.3, -0.25) is 4.99 Å². The highest BCUT2D eigenvalue weighted by Gasteiger charge is 2.48. The summed E-state index contributed by atoms with van der Waals surface area (Å²) in [5, 5.41) is 20.6. The lowest BCUT2D eigenvalue weighted by Gasteiger charge is -2.42. The van der Waals surface area contributed by atoms with Crippen LogP contribution in [0.1, 0.15) is 102 Å². The quantitative estimate of drug-likeness (QED) is 0.154. The molecule has 0 bridgehead atoms. The van der Waals surface area contributed by atoms with Gasteiger partial charge >= 0.3 is 5.97 Å². The maximum Gasteiger partial charge on any atom is 0.338 e. The Morgan fingerprint density at radius 1 is 1.18 bits per heavy atom. The van der Waals surface area contributed by atoms with E-state index in [1.54, 1.807) is 5.01 Å². The number of hydrazone groups is 1. The van der Waals surface area contributed by atoms with Gasteiger partial charge in [-0.25, -0.2) is 9.80 Å². The van der Waals surface area contributed by atoms with E-state index in [1.165, 1.54) is 12.8 Å². The molecule has 9 nitrogen and oxygen atoms in total. The lowest BCUT2D eigenvalue weighted by molar-refractivity contribution is -0.167. The second kappa shape index (κ2) is 11.9. The van der Waals surface area contributed by atoms with Gasteiger partial charge < -0.3 is 15.6 Å². The number of cyclic esters (lactones) is 1. The summed E-state index contributed by atoms with van der Waals surface area (Å²) in [5.74, 6) is 0.330. The summed E-state index contributed by atoms with van der Waals surface area (Å²) in [6.07, 6.45) is 12.2. The average Bonchev–Trinajstić information content (AvgIpc) is 3.66. The smallest absolute Gasteiger partial charge is 0.338 e. The van der Waals surface area contributed by atoms with Crippen molar-refractivity contribution in [1.82, 2.24) is 5.01 Å². The number of amidine groups is 1. The van der Waals surface area contributed by atoms with E-state index in [2.05, 4.69) is 21.3 Å². The van der Waals surface area contributed by atoms with Gasteiger partial charge in [-0.15, -0.1) is 4.91 Å². The number of benzene rings is 1. The maximum atomic E-state index is 13.4. The third-order valence-corrected chi connectivity index (χ3v) is 9.16. The summed E-state index contributed by atoms with van der Waals surface area (Å²) >= 11 is 0. The minimum atomic E-state index is -0.763. The number of aliphatic hydroxyl groups excluding tert-OH is 1. The first-order chi connectivity index (χ1) is 19.3. The number of hydrogen-bond donors (Lipinski definition) is 2. The summed E-state index contributed by atoms with van der Waals surface area (Å²) in [6.45, 7) is 4.22. The molecule has 9 heteroatoms. The molecule has 2 aliphatic carbocycles. The molecule has 40 heavy (non-hydrogen) atoms. The molecule has 2 fully saturated rings. The molecule has 1 aromatic rings. The van der Waals surface area contributed by atoms with Crippen LogP contribution in [0.3, 0.4) is 0 Å². The van der Waals surface area contributed by atoms with Gasteiger partial charge in [0.15, 0.2) is 0 Å². The number of nitrogens with two attached hydrogens (primary N) is 1. The van der Waals surface area contributed by atoms with Crippen molar-refractivity contribution >= 4 is 23.2 Å². The van der Waals surface area contributed by atoms with E-state index in [4.69, 9.17) is 10.5 Å². The van der Waals surface area contributed by atoms with Gasteiger partial charge in [-0.1, -0.05) is 37.8 Å². The van der Waals surface area contributed by atoms with Crippen molar-refractivity contribution in [2.75, 3.05) is 6.67 Å². The first-order valence-electron chi connectivity index (χ1n) is 14.7. The van der Waals surface area contributed by atoms with Gasteiger partial charge in [0.1, 0.15) is 29.6 Å². The highest BCUT2D eigenvalue weighted by molar-refractivity contribution is 5.98. The molecule has 2 aliphatic heterocycles. The van der Waals surface area contributed by atoms with Crippen molar-refractivity contribution in [2.24, 2.45) is 26.9 Å². The Morgan fingerprint density at radius 3 is 2.58 bits per heavy atom. The van der Waals surface area contributed by atoms with Gasteiger partial charge in [0, 0.05) is 24.3 Å². The Balaban J connectivity index is 1.34. The minimum Gasteiger partial charge on any atom is -0.512 e. The molecule has 1 unspecified atom stereocenters. The number of esters is 1. The topological polar surface area (TPSA) is 130 Å². The monoisotopic (exact) mass is 547 g/mol. The fourth-order valence-corrected chi connectivity index (χ4v) is 6.94. The minimum absolute atomic E-state index is 0.0167. The summed E-state index contributed by atoms with van der Waals surface area (Å²) in [6, 6.07) is 5.91. The van der Waals surface area contributed by atoms with Crippen LogP contribution in [0.2, 0.25) is 0 Å². The predicted octanol–water partition coefficient (Wildman–Crippen LogP) is 6.66. The first kappa shape index (κ1) is 28.1. The van der Waals surface area contributed by atoms with Crippen LogP contribution in [-0.2, 0) is 16.0 Å². The predicted molar refractivity (Wildman–Crippen MR) is 156 cm³/mol. The lowest BCUT2D eigenvalue weighted by Crippen LogP contribution is -2.46. The van der Waals surface area contributed by atoms with Gasteiger partial charge in [0.05, 0.1) is 5.57 Å². The second-order valence-corrected chi connectivity index (χ2v) is 11.9. The molecule has 0 aromatic heterocycles. The van der Waals surface area contributed by atoms with Crippen LogP contribution in [0.25, 0.3) is 0 Å². The Morgan fingerprint density at radius 2 is 1.90 bits per heavy atom. The van der Waals surface area contributed by atoms with Crippen molar-refractivity contribution in [1.29, 1.82) is 0 Å². The normalized spacial score (nSPS) is 24.8. The van der Waals surface area contributed by atoms with Crippen LogP contribution >= 0.6 is 0 Å². The highest BCUT2D eigenvalue weighted by Crippen LogP contribution is 2.46. The molecule has 4 aliphatic rings. The number of nitroso groups, excluding NO2 is 1. The van der Waals surface area contributed by atoms with E-state index in [1.807, 2.05) is 32.1 Å². The molecule has 2 heterocycles. The SMILES string of the molecule is CC1=CC(C)=NCN1/N=C(\N)CC1=C(O)CC(CCc2ccc(N=O)c(C3CCCC3)c2)(C2CCCC2)OC1=O. The lowest BCUT2D eigenvalue weighted by atomic mass is 9.76. The number of rotatable bonds is 9. The number of ether oxygens (including phenoxy) is 1. The van der Waals surface area contributed by atoms with Crippen LogP contribution in [0.15, 0.2) is 56.6 Å². The second-order valence-electron chi connectivity index (χ2n) is 11.9. The van der Waals surface area contributed by atoms with Crippen LogP contribution in [0.5, 0.6) is 0 Å². The van der Waals surface area contributed by atoms with Gasteiger partial charge in [-0.2, -0.15) is 5.10 Å². The Hall–Kier alpha value is -3.49. The molecular formula is C31H41N5O4. The highest BCUT2D eigenvalue weighted by atomic mass is 16.6. The molecule has 0 amide bonds. The number of allylic oxidation sites excluding steroid dienone is 2. The van der Waals surface area contributed by atoms with E-state index in [9.17, 15) is 14.8 Å². The number of aliphatic hydroxyl groups is 1. The summed E-state index contributed by atoms with van der Waals surface area (Å²) < 4.78 is 6.28. The third kappa shape index (κ3) is 5.98. The largest absolute Gasteiger partial charge is 0.512 e. The number of nitrogens with zero attached hydrogens (tertiary/aromatic N) is 4. The molecular weight excluding hydrogens is 506 g/mol. The molecule has 2 saturated carbocycles. The molecule has 0 radical (unpaired) electrons. The molecule has 214 valence electrons. The Kier molecular flexibility index (Phi) is 8.38. The third-order valence-electron chi connectivity index (χ3n) is 9.16. The van der Waals surface area contributed by atoms with Gasteiger partial charge in [0.2, 0.25) is 0 Å². The molecule has 1 aromatic carbocycles. The van der Waals surface area contributed by atoms with E-state index in [0.29, 0.717) is 31.1 Å². The van der Waals surface area contributed by atoms with Crippen molar-refractivity contribution in [2.45, 2.75) is 102 Å². The van der Waals surface area contributed by atoms with Crippen molar-refractivity contribution < 1.29 is 14.6 Å². The van der Waals surface area contributed by atoms with E-state index >= 15 is 0 Å². The fraction of sp³-hybridized carbons (Fsp3) is 0.581. The summed E-state index contributed by atoms with van der Waals surface area (Å²) in [5.41, 5.74) is 10.2. The number of carbonyl (C=O) groups excluding carboxylic acids is 1. The number of hydrogen-bond acceptors (Lipinski definition) is 8. The van der Waals surface area contributed by atoms with Crippen LogP contribution in [0, 0.1) is 10.8 Å². The van der Waals surface area contributed by atoms with Gasteiger partial charge in [-0.05, 0) is 92.7 Å². The van der Waals surface area contributed by atoms with E-state index in [0.717, 1.165) is 61.1 Å². The molecule has 3 N–H and O–H groups in total. The maximum absolute atomic E-state index is 13.4. The van der Waals surface area contributed by atoms with Crippen molar-refractivity contribution in [3.8, 4) is 0 Å². The molecule has 1 atom stereocenters. The molecule has 0 saturated heterocycles. The molecule has 5 rings (SSSR count). The fourth-order valence-electron chi connectivity index (χ4n) is 6.94. The van der Waals surface area contributed by atoms with E-state index < -0.39 is 11.6 Å². The Labute approximate surface area is 236 Å². The number of carbonyl (C=O) groups is 1. The number of aliphatic imine (C=N–C) groups is 1. The summed E-state index contributed by atoms with van der Waals surface area (Å²) in [7, 11) is 0. The summed E-state index contributed by atoms with van der Waals surface area (Å²) in [4.78, 5) is 29.2. The van der Waals surface area contributed by atoms with Crippen LogP contribution in [0.4, 0.5) is 5.69 Å². The van der Waals surface area contributed by atoms with Crippen LogP contribution < -0.4 is 5.73 Å². The van der Waals surface area contributed by atoms with Crippen molar-refractivity contribution in [3.63, 3.8) is 0 Å². The molecule has 0 spiro atoms. The standard InChI is InChI=1S/C31H41N5O4/c1-20-15-21(2)36(19-33-20)34-29(32)17-26-28(37)18-31(40-30(26)38,24-9-5-6-10-24)14-13-22-11-12-27(35-39)25(16-22)23-7-3-4-8-23/h11-12,15-16,23-24,37H,3-10,13-14,17-19H2,1-2H3,(H2,32,34). The zero-order valence-electron chi connectivity index (χ0n) is 23.7. The van der Waals surface area contributed by atoms with Gasteiger partial charge in [0.25, 0.3) is 0 Å². The van der Waals surface area contributed by atoms with E-state index in [-0.39, 0.29) is 35.9 Å². The Bertz CT molecular complexity index is 1270. The zero-order chi connectivity index (χ0) is 28.3. The van der Waals surface area contributed by atoms with Crippen LogP contribution in [-0.4, -0.2) is 39.9 Å². The average molecular weight is 548 g/mol. The van der Waals surface area contributed by atoms with Crippen molar-refractivity contribution in [3.05, 3.63) is 57.3 Å². The number of aryl methyl sites for hydroxylation is 1. The zero-order valence-corrected chi connectivity index (χ0v) is 23.7. The first-order valence-corrected chi connectivity index (χ1v) is 14.7.